The average Bonchev–Trinajstić information content (AvgIpc) is 3.02. The highest BCUT2D eigenvalue weighted by Gasteiger charge is 2.29. The number of sulfonamides is 1. The summed E-state index contributed by atoms with van der Waals surface area (Å²) in [5.41, 5.74) is 3.32. The molecule has 0 amide bonds. The molecule has 0 saturated heterocycles. The lowest BCUT2D eigenvalue weighted by Crippen LogP contribution is -2.29. The van der Waals surface area contributed by atoms with E-state index in [4.69, 9.17) is 5.10 Å². The van der Waals surface area contributed by atoms with Crippen molar-refractivity contribution in [1.29, 1.82) is 0 Å². The predicted molar refractivity (Wildman–Crippen MR) is 105 cm³/mol. The van der Waals surface area contributed by atoms with E-state index in [0.717, 1.165) is 10.6 Å². The van der Waals surface area contributed by atoms with Crippen molar-refractivity contribution in [3.8, 4) is 10.6 Å². The van der Waals surface area contributed by atoms with E-state index in [9.17, 15) is 8.42 Å². The molecule has 144 valence electrons. The van der Waals surface area contributed by atoms with Gasteiger partial charge in [-0.15, -0.1) is 11.3 Å². The van der Waals surface area contributed by atoms with Crippen molar-refractivity contribution < 1.29 is 8.42 Å². The molecule has 0 aliphatic heterocycles. The van der Waals surface area contributed by atoms with E-state index in [1.165, 1.54) is 18.5 Å². The number of rotatable bonds is 7. The van der Waals surface area contributed by atoms with Crippen LogP contribution in [0.2, 0.25) is 0 Å². The molecule has 1 aliphatic rings. The predicted octanol–water partition coefficient (Wildman–Crippen LogP) is 2.82. The normalized spacial score (nSPS) is 14.8. The number of thiophene rings is 1. The molecule has 0 radical (unpaired) electrons. The van der Waals surface area contributed by atoms with Gasteiger partial charge in [-0.2, -0.15) is 10.2 Å². The van der Waals surface area contributed by atoms with Gasteiger partial charge in [0.2, 0.25) is 10.0 Å². The molecule has 1 saturated carbocycles. The molecule has 0 aromatic carbocycles. The van der Waals surface area contributed by atoms with E-state index < -0.39 is 10.0 Å². The topological polar surface area (TPSA) is 81.8 Å². The molecule has 1 aliphatic carbocycles. The van der Waals surface area contributed by atoms with E-state index in [0.29, 0.717) is 30.4 Å². The maximum absolute atomic E-state index is 12.7. The van der Waals surface area contributed by atoms with Gasteiger partial charge in [0.05, 0.1) is 22.8 Å². The Bertz CT molecular complexity index is 1060. The lowest BCUT2D eigenvalue weighted by atomic mass is 10.2. The minimum atomic E-state index is -3.60. The summed E-state index contributed by atoms with van der Waals surface area (Å²) in [5.74, 6) is 0.547. The van der Waals surface area contributed by atoms with Gasteiger partial charge in [-0.1, -0.05) is 6.07 Å². The van der Waals surface area contributed by atoms with Crippen LogP contribution in [0.4, 0.5) is 0 Å². The van der Waals surface area contributed by atoms with E-state index in [1.54, 1.807) is 36.9 Å². The highest BCUT2D eigenvalue weighted by molar-refractivity contribution is 7.89. The van der Waals surface area contributed by atoms with Crippen LogP contribution < -0.4 is 4.72 Å². The summed E-state index contributed by atoms with van der Waals surface area (Å²) in [6, 6.07) is 6.22. The van der Waals surface area contributed by atoms with Crippen LogP contribution in [-0.2, 0) is 23.6 Å². The largest absolute Gasteiger partial charge is 0.271 e. The average molecular weight is 406 g/mol. The third-order valence-corrected chi connectivity index (χ3v) is 7.51. The summed E-state index contributed by atoms with van der Waals surface area (Å²) in [5, 5.41) is 11.0. The summed E-state index contributed by atoms with van der Waals surface area (Å²) in [6.07, 6.45) is 2.35. The summed E-state index contributed by atoms with van der Waals surface area (Å²) in [7, 11) is -1.85. The molecule has 0 bridgehead atoms. The van der Waals surface area contributed by atoms with Crippen LogP contribution in [0.1, 0.15) is 35.8 Å². The van der Waals surface area contributed by atoms with Gasteiger partial charge in [0.1, 0.15) is 10.6 Å². The summed E-state index contributed by atoms with van der Waals surface area (Å²) < 4.78 is 31.7. The maximum Gasteiger partial charge on any atom is 0.244 e. The number of nitrogens with one attached hydrogen (secondary N) is 1. The van der Waals surface area contributed by atoms with Crippen molar-refractivity contribution >= 4 is 21.4 Å². The molecule has 1 N–H and O–H groups in total. The van der Waals surface area contributed by atoms with Crippen molar-refractivity contribution in [2.24, 2.45) is 7.05 Å². The zero-order valence-corrected chi connectivity index (χ0v) is 17.3. The van der Waals surface area contributed by atoms with Gasteiger partial charge >= 0.3 is 0 Å². The van der Waals surface area contributed by atoms with Crippen molar-refractivity contribution in [3.63, 3.8) is 0 Å². The van der Waals surface area contributed by atoms with Gasteiger partial charge in [0, 0.05) is 25.2 Å². The van der Waals surface area contributed by atoms with Gasteiger partial charge in [0.15, 0.2) is 0 Å². The molecule has 4 rings (SSSR count). The van der Waals surface area contributed by atoms with E-state index in [2.05, 4.69) is 22.0 Å². The standard InChI is InChI=1S/C18H23N5O2S2/c1-12-18(13(2)22(3)20-12)27(24,25)19-8-9-23-16(14-6-7-14)11-15(21-23)17-5-4-10-26-17/h4-5,10-11,14,19H,6-9H2,1-3H3. The number of nitrogens with zero attached hydrogens (tertiary/aromatic N) is 4. The minimum absolute atomic E-state index is 0.271. The molecule has 9 heteroatoms. The number of hydrogen-bond acceptors (Lipinski definition) is 5. The SMILES string of the molecule is Cc1nn(C)c(C)c1S(=O)(=O)NCCn1nc(-c2cccs2)cc1C1CC1. The molecule has 0 unspecified atom stereocenters. The number of aryl methyl sites for hydroxylation is 2. The van der Waals surface area contributed by atoms with Crippen LogP contribution in [0.15, 0.2) is 28.5 Å². The van der Waals surface area contributed by atoms with E-state index in [-0.39, 0.29) is 4.90 Å². The van der Waals surface area contributed by atoms with E-state index >= 15 is 0 Å². The lowest BCUT2D eigenvalue weighted by molar-refractivity contribution is 0.551. The Morgan fingerprint density at radius 3 is 2.67 bits per heavy atom. The second-order valence-corrected chi connectivity index (χ2v) is 9.60. The Balaban J connectivity index is 1.50. The molecule has 3 heterocycles. The molecular formula is C18H23N5O2S2. The summed E-state index contributed by atoms with van der Waals surface area (Å²) in [6.45, 7) is 4.28. The highest BCUT2D eigenvalue weighted by Crippen LogP contribution is 2.41. The monoisotopic (exact) mass is 405 g/mol. The molecule has 0 atom stereocenters. The first-order valence-corrected chi connectivity index (χ1v) is 11.3. The Morgan fingerprint density at radius 2 is 2.07 bits per heavy atom. The van der Waals surface area contributed by atoms with Gasteiger partial charge in [-0.25, -0.2) is 13.1 Å². The molecule has 0 spiro atoms. The summed E-state index contributed by atoms with van der Waals surface area (Å²) in [4.78, 5) is 1.41. The number of aromatic nitrogens is 4. The molecule has 27 heavy (non-hydrogen) atoms. The minimum Gasteiger partial charge on any atom is -0.271 e. The Morgan fingerprint density at radius 1 is 1.30 bits per heavy atom. The fraction of sp³-hybridized carbons (Fsp3) is 0.444. The fourth-order valence-corrected chi connectivity index (χ4v) is 5.50. The second kappa shape index (κ2) is 6.88. The first-order valence-electron chi connectivity index (χ1n) is 8.98. The molecule has 7 nitrogen and oxygen atoms in total. The Hall–Kier alpha value is -1.97. The zero-order chi connectivity index (χ0) is 19.2. The van der Waals surface area contributed by atoms with Gasteiger partial charge in [-0.05, 0) is 44.2 Å². The lowest BCUT2D eigenvalue weighted by Gasteiger charge is -2.09. The smallest absolute Gasteiger partial charge is 0.244 e. The quantitative estimate of drug-likeness (QED) is 0.655. The van der Waals surface area contributed by atoms with Crippen molar-refractivity contribution in [1.82, 2.24) is 24.3 Å². The van der Waals surface area contributed by atoms with Crippen LogP contribution in [0.3, 0.4) is 0 Å². The van der Waals surface area contributed by atoms with Crippen LogP contribution in [0, 0.1) is 13.8 Å². The first-order chi connectivity index (χ1) is 12.9. The molecule has 1 fully saturated rings. The van der Waals surface area contributed by atoms with Gasteiger partial charge in [-0.3, -0.25) is 9.36 Å². The molecule has 3 aromatic rings. The van der Waals surface area contributed by atoms with Gasteiger partial charge < -0.3 is 0 Å². The van der Waals surface area contributed by atoms with Crippen LogP contribution in [0.25, 0.3) is 10.6 Å². The van der Waals surface area contributed by atoms with Gasteiger partial charge in [0.25, 0.3) is 0 Å². The van der Waals surface area contributed by atoms with Crippen LogP contribution in [0.5, 0.6) is 0 Å². The van der Waals surface area contributed by atoms with E-state index in [1.807, 2.05) is 16.1 Å². The van der Waals surface area contributed by atoms with Crippen molar-refractivity contribution in [3.05, 3.63) is 40.7 Å². The first kappa shape index (κ1) is 18.4. The third-order valence-electron chi connectivity index (χ3n) is 4.91. The van der Waals surface area contributed by atoms with Crippen molar-refractivity contribution in [2.45, 2.75) is 44.0 Å². The Labute approximate surface area is 163 Å². The van der Waals surface area contributed by atoms with Crippen molar-refractivity contribution in [2.75, 3.05) is 6.54 Å². The van der Waals surface area contributed by atoms with Crippen LogP contribution in [-0.4, -0.2) is 34.5 Å². The number of hydrogen-bond donors (Lipinski definition) is 1. The highest BCUT2D eigenvalue weighted by atomic mass is 32.2. The van der Waals surface area contributed by atoms with Crippen LogP contribution >= 0.6 is 11.3 Å². The second-order valence-electron chi connectivity index (χ2n) is 6.95. The zero-order valence-electron chi connectivity index (χ0n) is 15.6. The third kappa shape index (κ3) is 3.59. The Kier molecular flexibility index (Phi) is 4.69. The molecular weight excluding hydrogens is 382 g/mol. The summed E-state index contributed by atoms with van der Waals surface area (Å²) >= 11 is 1.66. The fourth-order valence-electron chi connectivity index (χ4n) is 3.36. The maximum atomic E-state index is 12.7. The molecule has 3 aromatic heterocycles.